The molecular weight excluding hydrogens is 356 g/mol. The summed E-state index contributed by atoms with van der Waals surface area (Å²) in [7, 11) is 1.47. The minimum absolute atomic E-state index is 0.0253. The van der Waals surface area contributed by atoms with E-state index in [1.165, 1.54) is 7.11 Å². The maximum atomic E-state index is 13.2. The van der Waals surface area contributed by atoms with Crippen molar-refractivity contribution in [3.8, 4) is 5.75 Å². The molecular formula is C22H26N2O4. The predicted molar refractivity (Wildman–Crippen MR) is 107 cm³/mol. The quantitative estimate of drug-likeness (QED) is 0.721. The van der Waals surface area contributed by atoms with Crippen LogP contribution in [0.5, 0.6) is 5.75 Å². The van der Waals surface area contributed by atoms with Gasteiger partial charge in [-0.1, -0.05) is 18.2 Å². The first kappa shape index (κ1) is 19.9. The number of amides is 2. The van der Waals surface area contributed by atoms with E-state index in [0.29, 0.717) is 24.4 Å². The Balaban J connectivity index is 1.75. The number of nitrogens with one attached hydrogen (secondary N) is 1. The lowest BCUT2D eigenvalue weighted by Crippen LogP contribution is -2.32. The molecule has 6 nitrogen and oxygen atoms in total. The molecule has 0 aliphatic heterocycles. The molecule has 6 heteroatoms. The molecule has 1 fully saturated rings. The molecule has 2 amide bonds. The predicted octanol–water partition coefficient (Wildman–Crippen LogP) is 3.48. The number of benzene rings is 2. The number of hydrogen-bond donors (Lipinski definition) is 1. The SMILES string of the molecule is CCOc1cccc(CN(C(=O)c2cccc(NC(=O)COC)c2)C2CC2)c1. The number of hydrogen-bond acceptors (Lipinski definition) is 4. The minimum Gasteiger partial charge on any atom is -0.494 e. The van der Waals surface area contributed by atoms with Gasteiger partial charge < -0.3 is 19.7 Å². The zero-order chi connectivity index (χ0) is 19.9. The first-order valence-corrected chi connectivity index (χ1v) is 9.52. The van der Waals surface area contributed by atoms with Gasteiger partial charge in [-0.2, -0.15) is 0 Å². The van der Waals surface area contributed by atoms with Gasteiger partial charge in [0.25, 0.3) is 5.91 Å². The smallest absolute Gasteiger partial charge is 0.254 e. The second-order valence-electron chi connectivity index (χ2n) is 6.81. The molecule has 0 spiro atoms. The Hall–Kier alpha value is -2.86. The lowest BCUT2D eigenvalue weighted by atomic mass is 10.1. The molecule has 0 atom stereocenters. The Labute approximate surface area is 165 Å². The average Bonchev–Trinajstić information content (AvgIpc) is 3.52. The highest BCUT2D eigenvalue weighted by molar-refractivity contribution is 5.97. The third-order valence-corrected chi connectivity index (χ3v) is 4.48. The molecule has 0 radical (unpaired) electrons. The van der Waals surface area contributed by atoms with E-state index in [0.717, 1.165) is 24.2 Å². The monoisotopic (exact) mass is 382 g/mol. The van der Waals surface area contributed by atoms with Crippen molar-refractivity contribution in [1.29, 1.82) is 0 Å². The Bertz CT molecular complexity index is 833. The van der Waals surface area contributed by atoms with Crippen LogP contribution in [0.25, 0.3) is 0 Å². The number of rotatable bonds is 9. The third kappa shape index (κ3) is 5.33. The van der Waals surface area contributed by atoms with Crippen molar-refractivity contribution in [2.24, 2.45) is 0 Å². The third-order valence-electron chi connectivity index (χ3n) is 4.48. The van der Waals surface area contributed by atoms with E-state index in [1.54, 1.807) is 24.3 Å². The molecule has 3 rings (SSSR count). The summed E-state index contributed by atoms with van der Waals surface area (Å²) < 4.78 is 10.4. The van der Waals surface area contributed by atoms with Gasteiger partial charge >= 0.3 is 0 Å². The molecule has 0 bridgehead atoms. The number of anilines is 1. The average molecular weight is 382 g/mol. The van der Waals surface area contributed by atoms with Gasteiger partial charge in [0.05, 0.1) is 6.61 Å². The van der Waals surface area contributed by atoms with Gasteiger partial charge in [0.2, 0.25) is 5.91 Å². The number of carbonyl (C=O) groups excluding carboxylic acids is 2. The molecule has 0 saturated heterocycles. The van der Waals surface area contributed by atoms with Crippen LogP contribution >= 0.6 is 0 Å². The van der Waals surface area contributed by atoms with Crippen LogP contribution < -0.4 is 10.1 Å². The topological polar surface area (TPSA) is 67.9 Å². The maximum absolute atomic E-state index is 13.2. The number of carbonyl (C=O) groups is 2. The molecule has 1 saturated carbocycles. The lowest BCUT2D eigenvalue weighted by Gasteiger charge is -2.23. The van der Waals surface area contributed by atoms with Gasteiger partial charge in [-0.05, 0) is 55.7 Å². The summed E-state index contributed by atoms with van der Waals surface area (Å²) in [6.45, 7) is 3.06. The van der Waals surface area contributed by atoms with Crippen molar-refractivity contribution in [2.75, 3.05) is 25.6 Å². The van der Waals surface area contributed by atoms with Crippen LogP contribution in [-0.2, 0) is 16.1 Å². The fourth-order valence-electron chi connectivity index (χ4n) is 3.07. The van der Waals surface area contributed by atoms with E-state index < -0.39 is 0 Å². The molecule has 1 aliphatic carbocycles. The molecule has 148 valence electrons. The lowest BCUT2D eigenvalue weighted by molar-refractivity contribution is -0.119. The van der Waals surface area contributed by atoms with Crippen molar-refractivity contribution in [1.82, 2.24) is 4.90 Å². The summed E-state index contributed by atoms with van der Waals surface area (Å²) in [5.41, 5.74) is 2.18. The van der Waals surface area contributed by atoms with Crippen LogP contribution in [0.15, 0.2) is 48.5 Å². The Kier molecular flexibility index (Phi) is 6.66. The molecule has 28 heavy (non-hydrogen) atoms. The first-order valence-electron chi connectivity index (χ1n) is 9.52. The van der Waals surface area contributed by atoms with Crippen molar-refractivity contribution in [2.45, 2.75) is 32.4 Å². The van der Waals surface area contributed by atoms with E-state index in [-0.39, 0.29) is 24.5 Å². The molecule has 2 aromatic rings. The van der Waals surface area contributed by atoms with Gasteiger partial charge in [0.1, 0.15) is 12.4 Å². The van der Waals surface area contributed by atoms with Crippen LogP contribution in [0, 0.1) is 0 Å². The fourth-order valence-corrected chi connectivity index (χ4v) is 3.07. The van der Waals surface area contributed by atoms with Crippen LogP contribution in [0.2, 0.25) is 0 Å². The van der Waals surface area contributed by atoms with Gasteiger partial charge in [0.15, 0.2) is 0 Å². The minimum atomic E-state index is -0.251. The summed E-state index contributed by atoms with van der Waals surface area (Å²) in [4.78, 5) is 26.8. The van der Waals surface area contributed by atoms with Crippen molar-refractivity contribution < 1.29 is 19.1 Å². The van der Waals surface area contributed by atoms with Crippen molar-refractivity contribution in [3.63, 3.8) is 0 Å². The van der Waals surface area contributed by atoms with E-state index in [2.05, 4.69) is 5.32 Å². The van der Waals surface area contributed by atoms with Gasteiger partial charge in [-0.3, -0.25) is 9.59 Å². The fraction of sp³-hybridized carbons (Fsp3) is 0.364. The second kappa shape index (κ2) is 9.37. The summed E-state index contributed by atoms with van der Waals surface area (Å²) in [6.07, 6.45) is 2.03. The normalized spacial score (nSPS) is 13.1. The summed E-state index contributed by atoms with van der Waals surface area (Å²) in [5.74, 6) is 0.525. The van der Waals surface area contributed by atoms with Crippen LogP contribution in [0.1, 0.15) is 35.7 Å². The summed E-state index contributed by atoms with van der Waals surface area (Å²) in [5, 5.41) is 2.74. The zero-order valence-corrected chi connectivity index (χ0v) is 16.3. The van der Waals surface area contributed by atoms with E-state index >= 15 is 0 Å². The van der Waals surface area contributed by atoms with Gasteiger partial charge in [0, 0.05) is 30.9 Å². The second-order valence-corrected chi connectivity index (χ2v) is 6.81. The standard InChI is InChI=1S/C22H26N2O4/c1-3-28-20-9-4-6-16(12-20)14-24(19-10-11-19)22(26)17-7-5-8-18(13-17)23-21(25)15-27-2/h4-9,12-13,19H,3,10-11,14-15H2,1-2H3,(H,23,25). The molecule has 2 aromatic carbocycles. The van der Waals surface area contributed by atoms with E-state index in [1.807, 2.05) is 36.1 Å². The first-order chi connectivity index (χ1) is 13.6. The highest BCUT2D eigenvalue weighted by Crippen LogP contribution is 2.30. The van der Waals surface area contributed by atoms with Crippen LogP contribution in [-0.4, -0.2) is 43.1 Å². The molecule has 0 unspecified atom stereocenters. The highest BCUT2D eigenvalue weighted by Gasteiger charge is 2.33. The molecule has 1 N–H and O–H groups in total. The highest BCUT2D eigenvalue weighted by atomic mass is 16.5. The van der Waals surface area contributed by atoms with Gasteiger partial charge in [-0.15, -0.1) is 0 Å². The Morgan fingerprint density at radius 2 is 1.93 bits per heavy atom. The molecule has 0 heterocycles. The Morgan fingerprint density at radius 1 is 1.14 bits per heavy atom. The van der Waals surface area contributed by atoms with E-state index in [9.17, 15) is 9.59 Å². The largest absolute Gasteiger partial charge is 0.494 e. The summed E-state index contributed by atoms with van der Waals surface area (Å²) in [6, 6.07) is 15.1. The van der Waals surface area contributed by atoms with Crippen LogP contribution in [0.4, 0.5) is 5.69 Å². The zero-order valence-electron chi connectivity index (χ0n) is 16.3. The maximum Gasteiger partial charge on any atom is 0.254 e. The number of ether oxygens (including phenoxy) is 2. The number of nitrogens with zero attached hydrogens (tertiary/aromatic N) is 1. The molecule has 0 aromatic heterocycles. The Morgan fingerprint density at radius 3 is 2.64 bits per heavy atom. The van der Waals surface area contributed by atoms with E-state index in [4.69, 9.17) is 9.47 Å². The van der Waals surface area contributed by atoms with Gasteiger partial charge in [-0.25, -0.2) is 0 Å². The number of methoxy groups -OCH3 is 1. The van der Waals surface area contributed by atoms with Crippen LogP contribution in [0.3, 0.4) is 0 Å². The van der Waals surface area contributed by atoms with Crippen molar-refractivity contribution >= 4 is 17.5 Å². The van der Waals surface area contributed by atoms with Crippen molar-refractivity contribution in [3.05, 3.63) is 59.7 Å². The summed E-state index contributed by atoms with van der Waals surface area (Å²) >= 11 is 0. The molecule has 1 aliphatic rings.